The SMILES string of the molecule is C[C@@H](CO)C1=C(O)C2=C(C(=O)C1=O)[C@@]1(C)CCCC(C)(C)[C@@H]1CC2. The Bertz CT molecular complexity index is 667. The number of carbonyl (C=O) groups excluding carboxylic acids is 2. The first kappa shape index (κ1) is 17.4. The summed E-state index contributed by atoms with van der Waals surface area (Å²) in [7, 11) is 0. The third-order valence-corrected chi connectivity index (χ3v) is 6.77. The zero-order valence-electron chi connectivity index (χ0n) is 15.1. The van der Waals surface area contributed by atoms with Gasteiger partial charge in [0, 0.05) is 29.1 Å². The maximum Gasteiger partial charge on any atom is 0.233 e. The van der Waals surface area contributed by atoms with Gasteiger partial charge < -0.3 is 10.2 Å². The smallest absolute Gasteiger partial charge is 0.233 e. The van der Waals surface area contributed by atoms with Crippen molar-refractivity contribution in [2.75, 3.05) is 6.61 Å². The Balaban J connectivity index is 2.19. The molecule has 0 aromatic carbocycles. The minimum atomic E-state index is -0.627. The van der Waals surface area contributed by atoms with E-state index in [1.807, 2.05) is 0 Å². The molecule has 0 bridgehead atoms. The molecule has 3 atom stereocenters. The van der Waals surface area contributed by atoms with E-state index in [2.05, 4.69) is 20.8 Å². The van der Waals surface area contributed by atoms with Crippen molar-refractivity contribution < 1.29 is 19.8 Å². The van der Waals surface area contributed by atoms with Crippen molar-refractivity contribution in [2.45, 2.75) is 59.8 Å². The van der Waals surface area contributed by atoms with E-state index in [0.29, 0.717) is 23.5 Å². The van der Waals surface area contributed by atoms with Crippen molar-refractivity contribution in [2.24, 2.45) is 22.7 Å². The predicted molar refractivity (Wildman–Crippen MR) is 91.4 cm³/mol. The van der Waals surface area contributed by atoms with Crippen molar-refractivity contribution in [3.63, 3.8) is 0 Å². The van der Waals surface area contributed by atoms with E-state index in [-0.39, 0.29) is 28.8 Å². The summed E-state index contributed by atoms with van der Waals surface area (Å²) in [6.07, 6.45) is 4.60. The molecular formula is C20H28O4. The minimum absolute atomic E-state index is 0.0424. The number of aliphatic hydroxyl groups excluding tert-OH is 2. The lowest BCUT2D eigenvalue weighted by atomic mass is 9.49. The molecule has 0 aromatic heterocycles. The molecule has 4 heteroatoms. The molecule has 4 nitrogen and oxygen atoms in total. The van der Waals surface area contributed by atoms with Gasteiger partial charge in [0.15, 0.2) is 0 Å². The van der Waals surface area contributed by atoms with Crippen molar-refractivity contribution in [1.82, 2.24) is 0 Å². The first-order valence-corrected chi connectivity index (χ1v) is 9.02. The van der Waals surface area contributed by atoms with Crippen LogP contribution >= 0.6 is 0 Å². The number of carbonyl (C=O) groups is 2. The zero-order valence-corrected chi connectivity index (χ0v) is 15.1. The van der Waals surface area contributed by atoms with E-state index >= 15 is 0 Å². The van der Waals surface area contributed by atoms with Gasteiger partial charge in [-0.05, 0) is 37.0 Å². The second-order valence-corrected chi connectivity index (χ2v) is 8.71. The lowest BCUT2D eigenvalue weighted by Gasteiger charge is -2.55. The summed E-state index contributed by atoms with van der Waals surface area (Å²) >= 11 is 0. The largest absolute Gasteiger partial charge is 0.507 e. The lowest BCUT2D eigenvalue weighted by Crippen LogP contribution is -2.49. The Hall–Kier alpha value is -1.42. The van der Waals surface area contributed by atoms with E-state index in [4.69, 9.17) is 0 Å². The Morgan fingerprint density at radius 2 is 1.83 bits per heavy atom. The molecule has 2 N–H and O–H groups in total. The summed E-state index contributed by atoms with van der Waals surface area (Å²) in [5, 5.41) is 20.1. The summed E-state index contributed by atoms with van der Waals surface area (Å²) in [5.74, 6) is -1.30. The summed E-state index contributed by atoms with van der Waals surface area (Å²) in [5.41, 5.74) is 1.10. The van der Waals surface area contributed by atoms with Crippen LogP contribution in [-0.4, -0.2) is 28.4 Å². The zero-order chi connectivity index (χ0) is 17.9. The number of rotatable bonds is 2. The van der Waals surface area contributed by atoms with Crippen molar-refractivity contribution in [1.29, 1.82) is 0 Å². The Morgan fingerprint density at radius 3 is 2.46 bits per heavy atom. The van der Waals surface area contributed by atoms with Gasteiger partial charge in [0.2, 0.25) is 11.6 Å². The number of allylic oxidation sites excluding steroid dienone is 2. The van der Waals surface area contributed by atoms with Crippen LogP contribution in [0.1, 0.15) is 59.8 Å². The number of ketones is 2. The van der Waals surface area contributed by atoms with Gasteiger partial charge in [-0.15, -0.1) is 0 Å². The third-order valence-electron chi connectivity index (χ3n) is 6.77. The molecular weight excluding hydrogens is 304 g/mol. The fourth-order valence-corrected chi connectivity index (χ4v) is 5.58. The van der Waals surface area contributed by atoms with Crippen LogP contribution in [0, 0.1) is 22.7 Å². The molecule has 1 fully saturated rings. The van der Waals surface area contributed by atoms with Gasteiger partial charge >= 0.3 is 0 Å². The first-order valence-electron chi connectivity index (χ1n) is 9.02. The molecule has 0 saturated heterocycles. The first-order chi connectivity index (χ1) is 11.1. The van der Waals surface area contributed by atoms with Crippen LogP contribution in [0.3, 0.4) is 0 Å². The van der Waals surface area contributed by atoms with Crippen LogP contribution in [-0.2, 0) is 9.59 Å². The topological polar surface area (TPSA) is 74.6 Å². The molecule has 0 aliphatic heterocycles. The molecule has 0 spiro atoms. The van der Waals surface area contributed by atoms with Gasteiger partial charge in [0.05, 0.1) is 5.57 Å². The quantitative estimate of drug-likeness (QED) is 0.599. The number of aliphatic hydroxyl groups is 2. The van der Waals surface area contributed by atoms with Crippen molar-refractivity contribution in [3.8, 4) is 0 Å². The Kier molecular flexibility index (Phi) is 4.03. The van der Waals surface area contributed by atoms with Crippen LogP contribution in [0.4, 0.5) is 0 Å². The fraction of sp³-hybridized carbons (Fsp3) is 0.700. The maximum absolute atomic E-state index is 13.0. The molecule has 3 aliphatic rings. The number of fused-ring (bicyclic) bond motifs is 2. The van der Waals surface area contributed by atoms with Crippen molar-refractivity contribution >= 4 is 11.6 Å². The van der Waals surface area contributed by atoms with Crippen molar-refractivity contribution in [3.05, 3.63) is 22.5 Å². The second-order valence-electron chi connectivity index (χ2n) is 8.71. The van der Waals surface area contributed by atoms with E-state index in [1.165, 1.54) is 0 Å². The van der Waals surface area contributed by atoms with Gasteiger partial charge in [0.1, 0.15) is 5.76 Å². The molecule has 3 aliphatic carbocycles. The second kappa shape index (κ2) is 5.55. The summed E-state index contributed by atoms with van der Waals surface area (Å²) < 4.78 is 0. The van der Waals surface area contributed by atoms with Gasteiger partial charge in [0.25, 0.3) is 0 Å². The van der Waals surface area contributed by atoms with Crippen LogP contribution in [0.2, 0.25) is 0 Å². The highest BCUT2D eigenvalue weighted by Gasteiger charge is 2.55. The van der Waals surface area contributed by atoms with Gasteiger partial charge in [-0.25, -0.2) is 0 Å². The van der Waals surface area contributed by atoms with Gasteiger partial charge in [-0.2, -0.15) is 0 Å². The average Bonchev–Trinajstić information content (AvgIpc) is 2.51. The Morgan fingerprint density at radius 1 is 1.17 bits per heavy atom. The van der Waals surface area contributed by atoms with E-state index < -0.39 is 17.5 Å². The normalized spacial score (nSPS) is 34.1. The van der Waals surface area contributed by atoms with Crippen LogP contribution in [0.5, 0.6) is 0 Å². The monoisotopic (exact) mass is 332 g/mol. The molecule has 0 unspecified atom stereocenters. The minimum Gasteiger partial charge on any atom is -0.507 e. The third kappa shape index (κ3) is 2.22. The standard InChI is InChI=1S/C20H28O4/c1-11(10-21)14-16(22)12-6-7-13-19(2,3)8-5-9-20(13,4)15(12)18(24)17(14)23/h11,13,21-22H,5-10H2,1-4H3/t11-,13-,20-/m0/s1. The molecule has 3 rings (SSSR count). The van der Waals surface area contributed by atoms with Gasteiger partial charge in [-0.3, -0.25) is 9.59 Å². The van der Waals surface area contributed by atoms with Crippen LogP contribution in [0.25, 0.3) is 0 Å². The summed E-state index contributed by atoms with van der Waals surface area (Å²) in [4.78, 5) is 25.6. The highest BCUT2D eigenvalue weighted by atomic mass is 16.3. The Labute approximate surface area is 143 Å². The molecule has 0 amide bonds. The summed E-state index contributed by atoms with van der Waals surface area (Å²) in [6, 6.07) is 0. The molecule has 24 heavy (non-hydrogen) atoms. The van der Waals surface area contributed by atoms with E-state index in [0.717, 1.165) is 25.7 Å². The molecule has 0 aromatic rings. The summed E-state index contributed by atoms with van der Waals surface area (Å²) in [6.45, 7) is 8.02. The lowest BCUT2D eigenvalue weighted by molar-refractivity contribution is -0.134. The maximum atomic E-state index is 13.0. The van der Waals surface area contributed by atoms with Gasteiger partial charge in [-0.1, -0.05) is 34.1 Å². The number of hydrogen-bond donors (Lipinski definition) is 2. The van der Waals surface area contributed by atoms with E-state index in [1.54, 1.807) is 6.92 Å². The average molecular weight is 332 g/mol. The highest BCUT2D eigenvalue weighted by molar-refractivity contribution is 6.50. The number of Topliss-reactive ketones (excluding diaryl/α,β-unsaturated/α-hetero) is 2. The van der Waals surface area contributed by atoms with Crippen LogP contribution < -0.4 is 0 Å². The predicted octanol–water partition coefficient (Wildman–Crippen LogP) is 3.50. The fourth-order valence-electron chi connectivity index (χ4n) is 5.58. The van der Waals surface area contributed by atoms with E-state index in [9.17, 15) is 19.8 Å². The van der Waals surface area contributed by atoms with Crippen LogP contribution in [0.15, 0.2) is 22.5 Å². The molecule has 0 heterocycles. The molecule has 132 valence electrons. The molecule has 0 radical (unpaired) electrons. The highest BCUT2D eigenvalue weighted by Crippen LogP contribution is 2.61. The molecule has 1 saturated carbocycles. The number of hydrogen-bond acceptors (Lipinski definition) is 4.